The molecule has 144 valence electrons. The smallest absolute Gasteiger partial charge is 0.317 e. The van der Waals surface area contributed by atoms with Crippen molar-refractivity contribution >= 4 is 11.7 Å². The van der Waals surface area contributed by atoms with E-state index < -0.39 is 0 Å². The van der Waals surface area contributed by atoms with Gasteiger partial charge in [-0.3, -0.25) is 0 Å². The third-order valence-corrected chi connectivity index (χ3v) is 4.86. The quantitative estimate of drug-likeness (QED) is 0.880. The Bertz CT molecular complexity index is 769. The number of methoxy groups -OCH3 is 2. The molecule has 1 aliphatic heterocycles. The van der Waals surface area contributed by atoms with Gasteiger partial charge >= 0.3 is 6.03 Å². The van der Waals surface area contributed by atoms with E-state index in [-0.39, 0.29) is 6.03 Å². The zero-order chi connectivity index (χ0) is 19.2. The summed E-state index contributed by atoms with van der Waals surface area (Å²) in [5, 5.41) is 3.01. The van der Waals surface area contributed by atoms with Crippen molar-refractivity contribution in [2.75, 3.05) is 45.3 Å². The Hall–Kier alpha value is -2.89. The van der Waals surface area contributed by atoms with Crippen LogP contribution in [0, 0.1) is 6.92 Å². The zero-order valence-corrected chi connectivity index (χ0v) is 16.2. The van der Waals surface area contributed by atoms with Crippen LogP contribution in [0.1, 0.15) is 11.1 Å². The fourth-order valence-electron chi connectivity index (χ4n) is 3.18. The number of anilines is 1. The third kappa shape index (κ3) is 4.64. The van der Waals surface area contributed by atoms with E-state index in [4.69, 9.17) is 9.47 Å². The van der Waals surface area contributed by atoms with Crippen molar-refractivity contribution in [3.63, 3.8) is 0 Å². The van der Waals surface area contributed by atoms with Gasteiger partial charge < -0.3 is 24.6 Å². The highest BCUT2D eigenvalue weighted by atomic mass is 16.5. The van der Waals surface area contributed by atoms with E-state index in [1.807, 2.05) is 35.2 Å². The average Bonchev–Trinajstić information content (AvgIpc) is 2.72. The monoisotopic (exact) mass is 369 g/mol. The average molecular weight is 369 g/mol. The van der Waals surface area contributed by atoms with Gasteiger partial charge in [-0.25, -0.2) is 4.79 Å². The molecule has 1 saturated heterocycles. The Morgan fingerprint density at radius 2 is 1.63 bits per heavy atom. The van der Waals surface area contributed by atoms with Crippen molar-refractivity contribution in [1.82, 2.24) is 10.2 Å². The number of amides is 2. The van der Waals surface area contributed by atoms with Gasteiger partial charge in [-0.05, 0) is 24.6 Å². The summed E-state index contributed by atoms with van der Waals surface area (Å²) < 4.78 is 10.7. The first kappa shape index (κ1) is 18.9. The van der Waals surface area contributed by atoms with E-state index >= 15 is 0 Å². The van der Waals surface area contributed by atoms with Gasteiger partial charge in [0.05, 0.1) is 14.2 Å². The number of carbonyl (C=O) groups is 1. The second-order valence-corrected chi connectivity index (χ2v) is 6.66. The van der Waals surface area contributed by atoms with Crippen LogP contribution in [-0.2, 0) is 6.54 Å². The largest absolute Gasteiger partial charge is 0.493 e. The molecule has 1 heterocycles. The van der Waals surface area contributed by atoms with Crippen LogP contribution in [0.15, 0.2) is 42.5 Å². The zero-order valence-electron chi connectivity index (χ0n) is 16.2. The lowest BCUT2D eigenvalue weighted by molar-refractivity contribution is 0.194. The number of hydrogen-bond donors (Lipinski definition) is 1. The van der Waals surface area contributed by atoms with Gasteiger partial charge in [-0.2, -0.15) is 0 Å². The SMILES string of the molecule is COc1ccc(N2CCN(C(=O)NCc3ccc(C)cc3)CC2)cc1OC. The van der Waals surface area contributed by atoms with Crippen LogP contribution < -0.4 is 19.7 Å². The number of benzene rings is 2. The maximum atomic E-state index is 12.4. The lowest BCUT2D eigenvalue weighted by Gasteiger charge is -2.36. The maximum absolute atomic E-state index is 12.4. The third-order valence-electron chi connectivity index (χ3n) is 4.86. The van der Waals surface area contributed by atoms with Crippen LogP contribution in [0.25, 0.3) is 0 Å². The van der Waals surface area contributed by atoms with Gasteiger partial charge in [0.2, 0.25) is 0 Å². The molecule has 6 heteroatoms. The summed E-state index contributed by atoms with van der Waals surface area (Å²) in [6.07, 6.45) is 0. The van der Waals surface area contributed by atoms with E-state index in [1.54, 1.807) is 14.2 Å². The standard InChI is InChI=1S/C21H27N3O3/c1-16-4-6-17(7-5-16)15-22-21(25)24-12-10-23(11-13-24)18-8-9-19(26-2)20(14-18)27-3/h4-9,14H,10-13,15H2,1-3H3,(H,22,25). The van der Waals surface area contributed by atoms with Gasteiger partial charge in [-0.15, -0.1) is 0 Å². The van der Waals surface area contributed by atoms with Crippen LogP contribution in [0.3, 0.4) is 0 Å². The molecule has 0 atom stereocenters. The molecule has 0 saturated carbocycles. The Morgan fingerprint density at radius 1 is 0.963 bits per heavy atom. The summed E-state index contributed by atoms with van der Waals surface area (Å²) in [4.78, 5) is 16.5. The molecular weight excluding hydrogens is 342 g/mol. The Kier molecular flexibility index (Phi) is 6.06. The minimum Gasteiger partial charge on any atom is -0.493 e. The fourth-order valence-corrected chi connectivity index (χ4v) is 3.18. The molecule has 0 bridgehead atoms. The number of rotatable bonds is 5. The van der Waals surface area contributed by atoms with Gasteiger partial charge in [0.15, 0.2) is 11.5 Å². The molecule has 2 amide bonds. The van der Waals surface area contributed by atoms with Crippen molar-refractivity contribution in [2.45, 2.75) is 13.5 Å². The van der Waals surface area contributed by atoms with Crippen molar-refractivity contribution in [2.24, 2.45) is 0 Å². The summed E-state index contributed by atoms with van der Waals surface area (Å²) in [5.74, 6) is 1.43. The van der Waals surface area contributed by atoms with Crippen LogP contribution in [0.2, 0.25) is 0 Å². The second-order valence-electron chi connectivity index (χ2n) is 6.66. The number of piperazine rings is 1. The number of urea groups is 1. The first-order chi connectivity index (χ1) is 13.1. The lowest BCUT2D eigenvalue weighted by atomic mass is 10.1. The number of hydrogen-bond acceptors (Lipinski definition) is 4. The molecule has 1 fully saturated rings. The summed E-state index contributed by atoms with van der Waals surface area (Å²) in [5.41, 5.74) is 3.40. The molecular formula is C21H27N3O3. The van der Waals surface area contributed by atoms with Crippen molar-refractivity contribution in [1.29, 1.82) is 0 Å². The molecule has 6 nitrogen and oxygen atoms in total. The number of nitrogens with one attached hydrogen (secondary N) is 1. The Labute approximate surface area is 160 Å². The summed E-state index contributed by atoms with van der Waals surface area (Å²) >= 11 is 0. The highest BCUT2D eigenvalue weighted by molar-refractivity contribution is 5.74. The van der Waals surface area contributed by atoms with Crippen LogP contribution in [0.5, 0.6) is 11.5 Å². The molecule has 3 rings (SSSR count). The lowest BCUT2D eigenvalue weighted by Crippen LogP contribution is -2.51. The normalized spacial score (nSPS) is 14.0. The van der Waals surface area contributed by atoms with E-state index in [0.717, 1.165) is 30.1 Å². The summed E-state index contributed by atoms with van der Waals surface area (Å²) in [7, 11) is 3.27. The predicted octanol–water partition coefficient (Wildman–Crippen LogP) is 3.04. The topological polar surface area (TPSA) is 54.0 Å². The second kappa shape index (κ2) is 8.66. The van der Waals surface area contributed by atoms with Gasteiger partial charge in [-0.1, -0.05) is 29.8 Å². The molecule has 2 aromatic rings. The predicted molar refractivity (Wildman–Crippen MR) is 107 cm³/mol. The number of aryl methyl sites for hydroxylation is 1. The molecule has 0 aromatic heterocycles. The highest BCUT2D eigenvalue weighted by Crippen LogP contribution is 2.31. The van der Waals surface area contributed by atoms with Crippen LogP contribution >= 0.6 is 0 Å². The molecule has 1 N–H and O–H groups in total. The minimum absolute atomic E-state index is 0.0115. The van der Waals surface area contributed by atoms with Crippen LogP contribution in [-0.4, -0.2) is 51.3 Å². The van der Waals surface area contributed by atoms with Crippen molar-refractivity contribution in [3.8, 4) is 11.5 Å². The summed E-state index contributed by atoms with van der Waals surface area (Å²) in [6.45, 7) is 5.55. The molecule has 1 aliphatic rings. The Morgan fingerprint density at radius 3 is 2.26 bits per heavy atom. The maximum Gasteiger partial charge on any atom is 0.317 e. The highest BCUT2D eigenvalue weighted by Gasteiger charge is 2.21. The number of carbonyl (C=O) groups excluding carboxylic acids is 1. The van der Waals surface area contributed by atoms with Gasteiger partial charge in [0, 0.05) is 44.5 Å². The van der Waals surface area contributed by atoms with E-state index in [2.05, 4.69) is 29.3 Å². The first-order valence-electron chi connectivity index (χ1n) is 9.16. The first-order valence-corrected chi connectivity index (χ1v) is 9.16. The van der Waals surface area contributed by atoms with E-state index in [9.17, 15) is 4.79 Å². The molecule has 0 aliphatic carbocycles. The van der Waals surface area contributed by atoms with E-state index in [0.29, 0.717) is 25.4 Å². The number of ether oxygens (including phenoxy) is 2. The summed E-state index contributed by atoms with van der Waals surface area (Å²) in [6, 6.07) is 14.1. The van der Waals surface area contributed by atoms with Crippen molar-refractivity contribution in [3.05, 3.63) is 53.6 Å². The van der Waals surface area contributed by atoms with Crippen LogP contribution in [0.4, 0.5) is 10.5 Å². The molecule has 2 aromatic carbocycles. The van der Waals surface area contributed by atoms with Gasteiger partial charge in [0.1, 0.15) is 0 Å². The fraction of sp³-hybridized carbons (Fsp3) is 0.381. The van der Waals surface area contributed by atoms with Gasteiger partial charge in [0.25, 0.3) is 0 Å². The molecule has 27 heavy (non-hydrogen) atoms. The molecule has 0 unspecified atom stereocenters. The molecule has 0 spiro atoms. The molecule has 0 radical (unpaired) electrons. The van der Waals surface area contributed by atoms with Crippen molar-refractivity contribution < 1.29 is 14.3 Å². The minimum atomic E-state index is -0.0115. The number of nitrogens with zero attached hydrogens (tertiary/aromatic N) is 2. The van der Waals surface area contributed by atoms with E-state index in [1.165, 1.54) is 5.56 Å². The Balaban J connectivity index is 1.52.